The van der Waals surface area contributed by atoms with Gasteiger partial charge in [-0.25, -0.2) is 9.97 Å². The van der Waals surface area contributed by atoms with Crippen LogP contribution in [-0.4, -0.2) is 17.0 Å². The maximum Gasteiger partial charge on any atom is 0.138 e. The summed E-state index contributed by atoms with van der Waals surface area (Å²) in [4.78, 5) is 9.13. The van der Waals surface area contributed by atoms with Gasteiger partial charge in [-0.1, -0.05) is 38.4 Å². The average molecular weight is 305 g/mol. The van der Waals surface area contributed by atoms with Crippen molar-refractivity contribution in [3.63, 3.8) is 0 Å². The highest BCUT2D eigenvalue weighted by Gasteiger charge is 2.19. The van der Waals surface area contributed by atoms with Gasteiger partial charge in [0.1, 0.15) is 17.5 Å². The van der Waals surface area contributed by atoms with Crippen molar-refractivity contribution in [3.05, 3.63) is 40.7 Å². The Morgan fingerprint density at radius 1 is 1.05 bits per heavy atom. The van der Waals surface area contributed by atoms with Gasteiger partial charge in [0.05, 0.1) is 0 Å². The molecule has 0 spiro atoms. The molecule has 0 saturated heterocycles. The molecule has 21 heavy (non-hydrogen) atoms. The van der Waals surface area contributed by atoms with E-state index in [2.05, 4.69) is 41.4 Å². The van der Waals surface area contributed by atoms with E-state index in [4.69, 9.17) is 11.6 Å². The molecule has 0 fully saturated rings. The van der Waals surface area contributed by atoms with Gasteiger partial charge in [-0.2, -0.15) is 0 Å². The molecule has 0 saturated carbocycles. The van der Waals surface area contributed by atoms with E-state index in [9.17, 15) is 0 Å². The second-order valence-electron chi connectivity index (χ2n) is 6.05. The first kappa shape index (κ1) is 15.6. The minimum Gasteiger partial charge on any atom is -0.373 e. The van der Waals surface area contributed by atoms with Crippen molar-refractivity contribution in [1.29, 1.82) is 0 Å². The minimum absolute atomic E-state index is 0.118. The van der Waals surface area contributed by atoms with Crippen LogP contribution in [0.15, 0.2) is 24.3 Å². The van der Waals surface area contributed by atoms with Crippen molar-refractivity contribution < 1.29 is 0 Å². The fraction of sp³-hybridized carbons (Fsp3) is 0.375. The van der Waals surface area contributed by atoms with Crippen LogP contribution in [0.4, 0.5) is 17.3 Å². The quantitative estimate of drug-likeness (QED) is 0.875. The Labute approximate surface area is 131 Å². The molecule has 2 N–H and O–H groups in total. The molecule has 0 aliphatic carbocycles. The van der Waals surface area contributed by atoms with Crippen molar-refractivity contribution >= 4 is 28.9 Å². The number of nitrogens with one attached hydrogen (secondary N) is 2. The zero-order valence-corrected chi connectivity index (χ0v) is 13.8. The normalized spacial score (nSPS) is 11.3. The van der Waals surface area contributed by atoms with E-state index in [0.717, 1.165) is 28.7 Å². The molecule has 0 aliphatic rings. The third-order valence-electron chi connectivity index (χ3n) is 3.12. The third kappa shape index (κ3) is 3.85. The minimum atomic E-state index is -0.118. The fourth-order valence-electron chi connectivity index (χ4n) is 1.84. The lowest BCUT2D eigenvalue weighted by molar-refractivity contribution is 0.547. The second kappa shape index (κ2) is 5.90. The summed E-state index contributed by atoms with van der Waals surface area (Å²) in [5.74, 6) is 2.33. The van der Waals surface area contributed by atoms with Crippen molar-refractivity contribution in [3.8, 4) is 0 Å². The lowest BCUT2D eigenvalue weighted by Gasteiger charge is -2.19. The molecule has 0 bridgehead atoms. The van der Waals surface area contributed by atoms with Crippen LogP contribution in [0.2, 0.25) is 5.02 Å². The van der Waals surface area contributed by atoms with Gasteiger partial charge in [0, 0.05) is 29.2 Å². The van der Waals surface area contributed by atoms with Crippen LogP contribution < -0.4 is 10.6 Å². The first-order chi connectivity index (χ1) is 9.79. The first-order valence-corrected chi connectivity index (χ1v) is 7.28. The number of hydrogen-bond acceptors (Lipinski definition) is 4. The summed E-state index contributed by atoms with van der Waals surface area (Å²) in [5, 5.41) is 7.10. The highest BCUT2D eigenvalue weighted by Crippen LogP contribution is 2.26. The van der Waals surface area contributed by atoms with Gasteiger partial charge in [-0.3, -0.25) is 0 Å². The van der Waals surface area contributed by atoms with Crippen molar-refractivity contribution in [2.75, 3.05) is 17.7 Å². The number of halogens is 1. The second-order valence-corrected chi connectivity index (χ2v) is 6.48. The summed E-state index contributed by atoms with van der Waals surface area (Å²) in [6.07, 6.45) is 0. The van der Waals surface area contributed by atoms with Crippen molar-refractivity contribution in [2.24, 2.45) is 0 Å². The maximum atomic E-state index is 6.06. The Kier molecular flexibility index (Phi) is 4.37. The van der Waals surface area contributed by atoms with Crippen LogP contribution in [0.3, 0.4) is 0 Å². The predicted octanol–water partition coefficient (Wildman–Crippen LogP) is 4.52. The zero-order chi connectivity index (χ0) is 15.6. The monoisotopic (exact) mass is 304 g/mol. The summed E-state index contributed by atoms with van der Waals surface area (Å²) in [6.45, 7) is 8.31. The molecule has 2 rings (SSSR count). The Bertz CT molecular complexity index is 647. The number of nitrogens with zero attached hydrogens (tertiary/aromatic N) is 2. The molecular weight excluding hydrogens is 284 g/mol. The third-order valence-corrected chi connectivity index (χ3v) is 3.35. The number of hydrogen-bond donors (Lipinski definition) is 2. The van der Waals surface area contributed by atoms with Crippen LogP contribution in [0.5, 0.6) is 0 Å². The number of anilines is 3. The van der Waals surface area contributed by atoms with Gasteiger partial charge in [-0.05, 0) is 24.6 Å². The molecule has 0 unspecified atom stereocenters. The fourth-order valence-corrected chi connectivity index (χ4v) is 2.01. The number of benzene rings is 1. The largest absolute Gasteiger partial charge is 0.373 e. The van der Waals surface area contributed by atoms with E-state index in [1.54, 1.807) is 0 Å². The van der Waals surface area contributed by atoms with Crippen molar-refractivity contribution in [1.82, 2.24) is 9.97 Å². The van der Waals surface area contributed by atoms with Gasteiger partial charge in [-0.15, -0.1) is 0 Å². The van der Waals surface area contributed by atoms with Crippen LogP contribution in [-0.2, 0) is 5.41 Å². The van der Waals surface area contributed by atoms with E-state index in [1.165, 1.54) is 0 Å². The molecule has 0 atom stereocenters. The number of aromatic nitrogens is 2. The first-order valence-electron chi connectivity index (χ1n) is 6.90. The Morgan fingerprint density at radius 2 is 1.71 bits per heavy atom. The molecule has 1 aromatic heterocycles. The number of aryl methyl sites for hydroxylation is 1. The maximum absolute atomic E-state index is 6.06. The summed E-state index contributed by atoms with van der Waals surface area (Å²) in [7, 11) is 1.85. The molecule has 1 heterocycles. The molecule has 0 radical (unpaired) electrons. The predicted molar refractivity (Wildman–Crippen MR) is 89.8 cm³/mol. The van der Waals surface area contributed by atoms with Gasteiger partial charge in [0.25, 0.3) is 0 Å². The smallest absolute Gasteiger partial charge is 0.138 e. The molecule has 1 aromatic carbocycles. The Hall–Kier alpha value is -1.81. The lowest BCUT2D eigenvalue weighted by Crippen LogP contribution is -2.17. The molecule has 5 heteroatoms. The molecule has 112 valence electrons. The lowest BCUT2D eigenvalue weighted by atomic mass is 9.96. The summed E-state index contributed by atoms with van der Waals surface area (Å²) in [5.41, 5.74) is 1.94. The van der Waals surface area contributed by atoms with Gasteiger partial charge in [0.15, 0.2) is 0 Å². The zero-order valence-electron chi connectivity index (χ0n) is 13.1. The van der Waals surface area contributed by atoms with Gasteiger partial charge < -0.3 is 10.6 Å². The Morgan fingerprint density at radius 3 is 2.33 bits per heavy atom. The topological polar surface area (TPSA) is 49.8 Å². The van der Waals surface area contributed by atoms with E-state index in [-0.39, 0.29) is 5.41 Å². The summed E-state index contributed by atoms with van der Waals surface area (Å²) >= 11 is 6.06. The van der Waals surface area contributed by atoms with Crippen LogP contribution in [0.1, 0.15) is 32.2 Å². The van der Waals surface area contributed by atoms with Crippen LogP contribution >= 0.6 is 11.6 Å². The molecular formula is C16H21ClN4. The van der Waals surface area contributed by atoms with Crippen molar-refractivity contribution in [2.45, 2.75) is 33.1 Å². The SMILES string of the molecule is CNc1cc(Nc2cc(Cl)ccc2C)nc(C(C)(C)C)n1. The molecule has 4 nitrogen and oxygen atoms in total. The van der Waals surface area contributed by atoms with E-state index in [0.29, 0.717) is 5.02 Å². The highest BCUT2D eigenvalue weighted by molar-refractivity contribution is 6.30. The standard InChI is InChI=1S/C16H21ClN4/c1-10-6-7-11(17)8-12(10)19-14-9-13(18-5)20-15(21-14)16(2,3)4/h6-9H,1-5H3,(H2,18,19,20,21). The van der Waals surface area contributed by atoms with Crippen LogP contribution in [0, 0.1) is 6.92 Å². The van der Waals surface area contributed by atoms with E-state index in [1.807, 2.05) is 38.2 Å². The summed E-state index contributed by atoms with van der Waals surface area (Å²) in [6, 6.07) is 7.64. The number of rotatable bonds is 3. The molecule has 2 aromatic rings. The Balaban J connectivity index is 2.42. The highest BCUT2D eigenvalue weighted by atomic mass is 35.5. The average Bonchev–Trinajstić information content (AvgIpc) is 2.41. The van der Waals surface area contributed by atoms with Crippen LogP contribution in [0.25, 0.3) is 0 Å². The van der Waals surface area contributed by atoms with Gasteiger partial charge >= 0.3 is 0 Å². The van der Waals surface area contributed by atoms with E-state index < -0.39 is 0 Å². The van der Waals surface area contributed by atoms with E-state index >= 15 is 0 Å². The summed E-state index contributed by atoms with van der Waals surface area (Å²) < 4.78 is 0. The molecule has 0 amide bonds. The van der Waals surface area contributed by atoms with Gasteiger partial charge in [0.2, 0.25) is 0 Å². The molecule has 0 aliphatic heterocycles.